The molecule has 1 aromatic rings. The molecule has 0 saturated carbocycles. The minimum atomic E-state index is -4.53. The molecule has 0 fully saturated rings. The lowest BCUT2D eigenvalue weighted by Crippen LogP contribution is -2.43. The van der Waals surface area contributed by atoms with Gasteiger partial charge < -0.3 is 20.2 Å². The number of benzene rings is 1. The number of carbonyl (C=O) groups excluding carboxylic acids is 1. The predicted molar refractivity (Wildman–Crippen MR) is 71.6 cm³/mol. The topological polar surface area (TPSA) is 124 Å². The smallest absolute Gasteiger partial charge is 0.328 e. The molecule has 0 spiro atoms. The lowest BCUT2D eigenvalue weighted by Gasteiger charge is -2.15. The summed E-state index contributed by atoms with van der Waals surface area (Å²) in [7, 11) is -4.53. The highest BCUT2D eigenvalue weighted by atomic mass is 31.2. The molecule has 1 rings (SSSR count). The number of rotatable bonds is 6. The summed E-state index contributed by atoms with van der Waals surface area (Å²) in [5, 5.41) is 11.0. The number of carboxylic acids is 1. The van der Waals surface area contributed by atoms with Gasteiger partial charge in [0.1, 0.15) is 6.04 Å². The zero-order valence-electron chi connectivity index (χ0n) is 10.8. The quantitative estimate of drug-likeness (QED) is 0.571. The zero-order valence-corrected chi connectivity index (χ0v) is 11.7. The molecule has 7 nitrogen and oxygen atoms in total. The van der Waals surface area contributed by atoms with Gasteiger partial charge in [-0.1, -0.05) is 19.1 Å². The van der Waals surface area contributed by atoms with Crippen LogP contribution in [0.4, 0.5) is 0 Å². The van der Waals surface area contributed by atoms with E-state index < -0.39 is 31.7 Å². The van der Waals surface area contributed by atoms with Gasteiger partial charge in [0, 0.05) is 5.56 Å². The van der Waals surface area contributed by atoms with Crippen molar-refractivity contribution in [1.82, 2.24) is 5.32 Å². The molecule has 0 saturated heterocycles. The summed E-state index contributed by atoms with van der Waals surface area (Å²) < 4.78 is 10.8. The van der Waals surface area contributed by atoms with Gasteiger partial charge in [-0.2, -0.15) is 0 Å². The summed E-state index contributed by atoms with van der Waals surface area (Å²) >= 11 is 0. The van der Waals surface area contributed by atoms with E-state index in [4.69, 9.17) is 14.9 Å². The second kappa shape index (κ2) is 6.65. The minimum Gasteiger partial charge on any atom is -0.480 e. The van der Waals surface area contributed by atoms with Crippen LogP contribution in [0.2, 0.25) is 0 Å². The molecule has 110 valence electrons. The van der Waals surface area contributed by atoms with Gasteiger partial charge in [-0.05, 0) is 24.1 Å². The fraction of sp³-hybridized carbons (Fsp3) is 0.333. The average Bonchev–Trinajstić information content (AvgIpc) is 2.36. The van der Waals surface area contributed by atoms with Crippen LogP contribution in [0.5, 0.6) is 0 Å². The van der Waals surface area contributed by atoms with Crippen LogP contribution in [-0.4, -0.2) is 39.0 Å². The molecule has 0 heterocycles. The fourth-order valence-corrected chi connectivity index (χ4v) is 2.28. The minimum absolute atomic E-state index is 0.235. The highest BCUT2D eigenvalue weighted by Crippen LogP contribution is 2.34. The van der Waals surface area contributed by atoms with E-state index in [0.29, 0.717) is 0 Å². The molecule has 8 heteroatoms. The second-order valence-corrected chi connectivity index (χ2v) is 5.96. The maximum atomic E-state index is 11.8. The first-order chi connectivity index (χ1) is 9.23. The molecule has 1 atom stereocenters. The van der Waals surface area contributed by atoms with Crippen molar-refractivity contribution in [2.45, 2.75) is 19.4 Å². The predicted octanol–water partition coefficient (Wildman–Crippen LogP) is 0.610. The molecule has 0 aliphatic rings. The molecule has 0 aromatic heterocycles. The van der Waals surface area contributed by atoms with Crippen LogP contribution in [0.3, 0.4) is 0 Å². The van der Waals surface area contributed by atoms with Crippen LogP contribution in [0.15, 0.2) is 24.3 Å². The van der Waals surface area contributed by atoms with Gasteiger partial charge in [-0.3, -0.25) is 9.36 Å². The van der Waals surface area contributed by atoms with Crippen molar-refractivity contribution in [3.8, 4) is 0 Å². The third-order valence-corrected chi connectivity index (χ3v) is 3.49. The summed E-state index contributed by atoms with van der Waals surface area (Å²) in [5.41, 5.74) is 1.26. The number of carboxylic acid groups (broad SMARTS) is 1. The number of carbonyl (C=O) groups is 2. The van der Waals surface area contributed by atoms with Gasteiger partial charge in [0.2, 0.25) is 0 Å². The first-order valence-electron chi connectivity index (χ1n) is 5.90. The lowest BCUT2D eigenvalue weighted by molar-refractivity contribution is -0.138. The van der Waals surface area contributed by atoms with E-state index in [-0.39, 0.29) is 5.56 Å². The first-order valence-corrected chi connectivity index (χ1v) is 7.70. The van der Waals surface area contributed by atoms with Gasteiger partial charge in [0.25, 0.3) is 5.91 Å². The summed E-state index contributed by atoms with van der Waals surface area (Å²) in [6.07, 6.45) is -0.140. The van der Waals surface area contributed by atoms with Gasteiger partial charge in [0.05, 0.1) is 6.16 Å². The lowest BCUT2D eigenvalue weighted by atomic mass is 10.1. The highest BCUT2D eigenvalue weighted by molar-refractivity contribution is 7.51. The van der Waals surface area contributed by atoms with Crippen molar-refractivity contribution in [1.29, 1.82) is 0 Å². The monoisotopic (exact) mass is 301 g/mol. The van der Waals surface area contributed by atoms with E-state index in [9.17, 15) is 14.2 Å². The first kappa shape index (κ1) is 16.4. The largest absolute Gasteiger partial charge is 0.480 e. The fourth-order valence-electron chi connectivity index (χ4n) is 1.56. The maximum absolute atomic E-state index is 11.8. The highest BCUT2D eigenvalue weighted by Gasteiger charge is 2.28. The van der Waals surface area contributed by atoms with Crippen LogP contribution in [0, 0.1) is 0 Å². The molecule has 0 aliphatic carbocycles. The zero-order chi connectivity index (χ0) is 15.3. The van der Waals surface area contributed by atoms with E-state index in [1.54, 1.807) is 12.1 Å². The van der Waals surface area contributed by atoms with Crippen LogP contribution >= 0.6 is 7.60 Å². The molecule has 1 aromatic carbocycles. The van der Waals surface area contributed by atoms with Gasteiger partial charge in [-0.15, -0.1) is 0 Å². The van der Waals surface area contributed by atoms with Crippen molar-refractivity contribution in [2.75, 3.05) is 6.16 Å². The summed E-state index contributed by atoms with van der Waals surface area (Å²) in [5.74, 6) is -2.18. The molecular weight excluding hydrogens is 285 g/mol. The van der Waals surface area contributed by atoms with Crippen LogP contribution in [0.1, 0.15) is 22.8 Å². The van der Waals surface area contributed by atoms with Crippen LogP contribution < -0.4 is 5.32 Å². The average molecular weight is 301 g/mol. The number of aliphatic carboxylic acids is 1. The normalized spacial score (nSPS) is 12.8. The van der Waals surface area contributed by atoms with E-state index in [0.717, 1.165) is 12.0 Å². The Morgan fingerprint density at radius 2 is 1.80 bits per heavy atom. The molecular formula is C12H16NO6P. The summed E-state index contributed by atoms with van der Waals surface area (Å²) in [6, 6.07) is 4.89. The van der Waals surface area contributed by atoms with E-state index in [1.165, 1.54) is 12.1 Å². The number of nitrogens with one attached hydrogen (secondary N) is 1. The third-order valence-electron chi connectivity index (χ3n) is 2.65. The molecule has 1 unspecified atom stereocenters. The molecule has 0 bridgehead atoms. The van der Waals surface area contributed by atoms with Crippen LogP contribution in [-0.2, 0) is 15.8 Å². The Kier molecular flexibility index (Phi) is 5.44. The SMILES string of the molecule is CCc1ccc(C(=O)NC(CP(=O)(O)O)C(=O)O)cc1. The molecule has 0 aliphatic heterocycles. The van der Waals surface area contributed by atoms with Crippen LogP contribution in [0.25, 0.3) is 0 Å². The van der Waals surface area contributed by atoms with Gasteiger partial charge in [0.15, 0.2) is 0 Å². The van der Waals surface area contributed by atoms with Crippen molar-refractivity contribution < 1.29 is 29.0 Å². The van der Waals surface area contributed by atoms with E-state index >= 15 is 0 Å². The number of hydrogen-bond donors (Lipinski definition) is 4. The second-order valence-electron chi connectivity index (χ2n) is 4.26. The Morgan fingerprint density at radius 3 is 2.20 bits per heavy atom. The summed E-state index contributed by atoms with van der Waals surface area (Å²) in [6.45, 7) is 1.95. The number of aryl methyl sites for hydroxylation is 1. The molecule has 0 radical (unpaired) electrons. The van der Waals surface area contributed by atoms with Crippen molar-refractivity contribution in [3.63, 3.8) is 0 Å². The number of hydrogen-bond acceptors (Lipinski definition) is 3. The molecule has 1 amide bonds. The van der Waals surface area contributed by atoms with E-state index in [2.05, 4.69) is 5.32 Å². The Morgan fingerprint density at radius 1 is 1.25 bits per heavy atom. The summed E-state index contributed by atoms with van der Waals surface area (Å²) in [4.78, 5) is 40.3. The molecule has 4 N–H and O–H groups in total. The Labute approximate surface area is 115 Å². The maximum Gasteiger partial charge on any atom is 0.328 e. The Bertz CT molecular complexity index is 535. The Balaban J connectivity index is 2.79. The van der Waals surface area contributed by atoms with Crippen molar-refractivity contribution in [3.05, 3.63) is 35.4 Å². The van der Waals surface area contributed by atoms with Crippen molar-refractivity contribution in [2.24, 2.45) is 0 Å². The van der Waals surface area contributed by atoms with E-state index in [1.807, 2.05) is 6.92 Å². The van der Waals surface area contributed by atoms with Crippen molar-refractivity contribution >= 4 is 19.5 Å². The molecule has 20 heavy (non-hydrogen) atoms. The standard InChI is InChI=1S/C12H16NO6P/c1-2-8-3-5-9(6-4-8)11(14)13-10(12(15)16)7-20(17,18)19/h3-6,10H,2,7H2,1H3,(H,13,14)(H,15,16)(H2,17,18,19). The van der Waals surface area contributed by atoms with Gasteiger partial charge >= 0.3 is 13.6 Å². The number of amides is 1. The van der Waals surface area contributed by atoms with Gasteiger partial charge in [-0.25, -0.2) is 4.79 Å². The Hall–Kier alpha value is -1.69. The third kappa shape index (κ3) is 5.13.